The van der Waals surface area contributed by atoms with Crippen LogP contribution in [0.5, 0.6) is 5.88 Å². The van der Waals surface area contributed by atoms with Crippen molar-refractivity contribution in [3.8, 4) is 23.2 Å². The monoisotopic (exact) mass is 357 g/mol. The Kier molecular flexibility index (Phi) is 6.54. The van der Waals surface area contributed by atoms with Gasteiger partial charge >= 0.3 is 0 Å². The average molecular weight is 357 g/mol. The number of aromatic nitrogens is 2. The molecule has 0 spiro atoms. The van der Waals surface area contributed by atoms with Crippen LogP contribution in [0.3, 0.4) is 0 Å². The number of nitriles is 1. The number of unbranched alkanes of at least 4 members (excludes halogenated alkanes) is 2. The second-order valence-corrected chi connectivity index (χ2v) is 6.49. The highest BCUT2D eigenvalue weighted by Crippen LogP contribution is 2.18. The van der Waals surface area contributed by atoms with Crippen LogP contribution in [0.2, 0.25) is 0 Å². The number of hydrogen-bond acceptors (Lipinski definition) is 4. The van der Waals surface area contributed by atoms with Gasteiger partial charge in [-0.15, -0.1) is 0 Å². The Balaban J connectivity index is 1.54. The predicted molar refractivity (Wildman–Crippen MR) is 106 cm³/mol. The Morgan fingerprint density at radius 1 is 0.889 bits per heavy atom. The van der Waals surface area contributed by atoms with Gasteiger partial charge in [-0.2, -0.15) is 5.26 Å². The molecule has 0 aliphatic carbocycles. The number of ether oxygens (including phenoxy) is 1. The first-order valence-corrected chi connectivity index (χ1v) is 9.31. The quantitative estimate of drug-likeness (QED) is 0.511. The third-order valence-electron chi connectivity index (χ3n) is 4.42. The lowest BCUT2D eigenvalue weighted by Crippen LogP contribution is -1.98. The van der Waals surface area contributed by atoms with Gasteiger partial charge in [0, 0.05) is 5.56 Å². The molecule has 3 aromatic rings. The lowest BCUT2D eigenvalue weighted by molar-refractivity contribution is 0.292. The molecule has 0 fully saturated rings. The van der Waals surface area contributed by atoms with Crippen LogP contribution in [0.15, 0.2) is 60.9 Å². The summed E-state index contributed by atoms with van der Waals surface area (Å²) in [5.41, 5.74) is 4.80. The van der Waals surface area contributed by atoms with Gasteiger partial charge in [-0.25, -0.2) is 9.97 Å². The summed E-state index contributed by atoms with van der Waals surface area (Å²) in [6.45, 7) is 2.69. The molecular weight excluding hydrogens is 334 g/mol. The topological polar surface area (TPSA) is 58.8 Å². The molecule has 4 nitrogen and oxygen atoms in total. The summed E-state index contributed by atoms with van der Waals surface area (Å²) in [5, 5.41) is 8.86. The number of nitrogens with zero attached hydrogens (tertiary/aromatic N) is 3. The van der Waals surface area contributed by atoms with Crippen molar-refractivity contribution in [2.75, 3.05) is 0 Å². The van der Waals surface area contributed by atoms with E-state index in [2.05, 4.69) is 47.2 Å². The summed E-state index contributed by atoms with van der Waals surface area (Å²) in [6.07, 6.45) is 8.23. The molecule has 1 aromatic heterocycles. The van der Waals surface area contributed by atoms with Crippen molar-refractivity contribution in [1.29, 1.82) is 5.26 Å². The maximum Gasteiger partial charge on any atom is 0.232 e. The van der Waals surface area contributed by atoms with Gasteiger partial charge in [0.1, 0.15) is 6.61 Å². The number of rotatable bonds is 8. The third kappa shape index (κ3) is 5.39. The van der Waals surface area contributed by atoms with E-state index in [0.717, 1.165) is 23.2 Å². The van der Waals surface area contributed by atoms with Crippen LogP contribution in [0.4, 0.5) is 0 Å². The molecule has 0 radical (unpaired) electrons. The van der Waals surface area contributed by atoms with Gasteiger partial charge in [0.25, 0.3) is 0 Å². The fraction of sp³-hybridized carbons (Fsp3) is 0.261. The van der Waals surface area contributed by atoms with E-state index in [4.69, 9.17) is 10.00 Å². The van der Waals surface area contributed by atoms with E-state index >= 15 is 0 Å². The second-order valence-electron chi connectivity index (χ2n) is 6.49. The molecule has 0 N–H and O–H groups in total. The Bertz CT molecular complexity index is 879. The average Bonchev–Trinajstić information content (AvgIpc) is 2.74. The van der Waals surface area contributed by atoms with E-state index in [-0.39, 0.29) is 0 Å². The van der Waals surface area contributed by atoms with Crippen LogP contribution in [0, 0.1) is 11.3 Å². The molecule has 3 rings (SSSR count). The molecule has 1 heterocycles. The summed E-state index contributed by atoms with van der Waals surface area (Å²) < 4.78 is 5.74. The maximum absolute atomic E-state index is 8.86. The molecule has 4 heteroatoms. The molecule has 0 aliphatic rings. The van der Waals surface area contributed by atoms with Crippen molar-refractivity contribution in [2.45, 2.75) is 39.2 Å². The van der Waals surface area contributed by atoms with E-state index in [1.165, 1.54) is 24.8 Å². The van der Waals surface area contributed by atoms with Crippen LogP contribution >= 0.6 is 0 Å². The van der Waals surface area contributed by atoms with Crippen molar-refractivity contribution in [3.05, 3.63) is 77.6 Å². The number of benzene rings is 2. The van der Waals surface area contributed by atoms with E-state index in [1.807, 2.05) is 12.1 Å². The summed E-state index contributed by atoms with van der Waals surface area (Å²) in [5.74, 6) is 0.499. The lowest BCUT2D eigenvalue weighted by atomic mass is 10.1. The van der Waals surface area contributed by atoms with E-state index in [9.17, 15) is 0 Å². The van der Waals surface area contributed by atoms with Gasteiger partial charge in [-0.05, 0) is 36.1 Å². The van der Waals surface area contributed by atoms with Gasteiger partial charge in [0.05, 0.1) is 29.7 Å². The van der Waals surface area contributed by atoms with E-state index in [0.29, 0.717) is 18.1 Å². The van der Waals surface area contributed by atoms with Gasteiger partial charge in [0.15, 0.2) is 0 Å². The van der Waals surface area contributed by atoms with Crippen molar-refractivity contribution >= 4 is 0 Å². The molecule has 0 unspecified atom stereocenters. The Hall–Kier alpha value is -3.19. The number of aryl methyl sites for hydroxylation is 1. The molecule has 27 heavy (non-hydrogen) atoms. The fourth-order valence-electron chi connectivity index (χ4n) is 2.79. The highest BCUT2D eigenvalue weighted by atomic mass is 16.5. The van der Waals surface area contributed by atoms with Crippen molar-refractivity contribution in [2.24, 2.45) is 0 Å². The molecule has 136 valence electrons. The number of hydrogen-bond donors (Lipinski definition) is 0. The van der Waals surface area contributed by atoms with Crippen LogP contribution in [0.1, 0.15) is 42.9 Å². The van der Waals surface area contributed by atoms with Gasteiger partial charge in [-0.3, -0.25) is 0 Å². The second kappa shape index (κ2) is 9.49. The van der Waals surface area contributed by atoms with Gasteiger partial charge < -0.3 is 4.74 Å². The summed E-state index contributed by atoms with van der Waals surface area (Å²) >= 11 is 0. The highest BCUT2D eigenvalue weighted by molar-refractivity contribution is 5.59. The van der Waals surface area contributed by atoms with E-state index < -0.39 is 0 Å². The first kappa shape index (κ1) is 18.6. The summed E-state index contributed by atoms with van der Waals surface area (Å²) in [6, 6.07) is 18.0. The molecule has 0 atom stereocenters. The Morgan fingerprint density at radius 2 is 1.63 bits per heavy atom. The van der Waals surface area contributed by atoms with Gasteiger partial charge in [0.2, 0.25) is 5.88 Å². The minimum Gasteiger partial charge on any atom is -0.472 e. The molecule has 0 saturated carbocycles. The van der Waals surface area contributed by atoms with Crippen molar-refractivity contribution in [3.63, 3.8) is 0 Å². The zero-order valence-corrected chi connectivity index (χ0v) is 15.6. The van der Waals surface area contributed by atoms with E-state index in [1.54, 1.807) is 24.5 Å². The Morgan fingerprint density at radius 3 is 2.26 bits per heavy atom. The zero-order chi connectivity index (χ0) is 18.9. The SMILES string of the molecule is CCCCCc1ccc(COc2cnc(-c3ccc(C#N)cc3)cn2)cc1. The van der Waals surface area contributed by atoms with Crippen LogP contribution < -0.4 is 4.74 Å². The maximum atomic E-state index is 8.86. The fourth-order valence-corrected chi connectivity index (χ4v) is 2.79. The molecule has 0 aliphatic heterocycles. The minimum atomic E-state index is 0.472. The minimum absolute atomic E-state index is 0.472. The highest BCUT2D eigenvalue weighted by Gasteiger charge is 2.03. The smallest absolute Gasteiger partial charge is 0.232 e. The largest absolute Gasteiger partial charge is 0.472 e. The normalized spacial score (nSPS) is 10.4. The van der Waals surface area contributed by atoms with Crippen LogP contribution in [0.25, 0.3) is 11.3 Å². The Labute approximate surface area is 160 Å². The summed E-state index contributed by atoms with van der Waals surface area (Å²) in [4.78, 5) is 8.73. The first-order valence-electron chi connectivity index (χ1n) is 9.31. The molecular formula is C23H23N3O. The lowest BCUT2D eigenvalue weighted by Gasteiger charge is -2.07. The van der Waals surface area contributed by atoms with Crippen LogP contribution in [-0.2, 0) is 13.0 Å². The van der Waals surface area contributed by atoms with Crippen LogP contribution in [-0.4, -0.2) is 9.97 Å². The first-order chi connectivity index (χ1) is 13.3. The summed E-state index contributed by atoms with van der Waals surface area (Å²) in [7, 11) is 0. The molecule has 0 saturated heterocycles. The van der Waals surface area contributed by atoms with Crippen molar-refractivity contribution < 1.29 is 4.74 Å². The van der Waals surface area contributed by atoms with Gasteiger partial charge in [-0.1, -0.05) is 56.2 Å². The molecule has 2 aromatic carbocycles. The molecule has 0 bridgehead atoms. The standard InChI is InChI=1S/C23H23N3O/c1-2-3-4-5-18-6-8-20(9-7-18)17-27-23-16-25-22(15-26-23)21-12-10-19(14-24)11-13-21/h6-13,15-16H,2-5,17H2,1H3. The molecule has 0 amide bonds. The zero-order valence-electron chi connectivity index (χ0n) is 15.6. The van der Waals surface area contributed by atoms with Crippen molar-refractivity contribution in [1.82, 2.24) is 9.97 Å². The predicted octanol–water partition coefficient (Wildman–Crippen LogP) is 5.33. The third-order valence-corrected chi connectivity index (χ3v) is 4.42.